The second kappa shape index (κ2) is 9.94. The molecule has 0 rings (SSSR count). The van der Waals surface area contributed by atoms with E-state index in [1.165, 1.54) is 0 Å². The third-order valence-corrected chi connectivity index (χ3v) is 20.3. The van der Waals surface area contributed by atoms with E-state index in [0.29, 0.717) is 6.42 Å². The van der Waals surface area contributed by atoms with Crippen LogP contribution in [0, 0.1) is 6.92 Å². The Morgan fingerprint density at radius 1 is 0.630 bits per heavy atom. The summed E-state index contributed by atoms with van der Waals surface area (Å²) in [4.78, 5) is 0. The maximum atomic E-state index is 6.65. The van der Waals surface area contributed by atoms with Gasteiger partial charge in [0.05, 0.1) is 5.73 Å². The van der Waals surface area contributed by atoms with E-state index in [1.807, 2.05) is 6.55 Å². The fourth-order valence-corrected chi connectivity index (χ4v) is 21.9. The molecule has 0 aromatic rings. The van der Waals surface area contributed by atoms with Crippen LogP contribution in [-0.4, -0.2) is 57.1 Å². The Morgan fingerprint density at radius 2 is 0.963 bits per heavy atom. The lowest BCUT2D eigenvalue weighted by Crippen LogP contribution is -2.60. The lowest BCUT2D eigenvalue weighted by Gasteiger charge is -2.42. The van der Waals surface area contributed by atoms with Crippen molar-refractivity contribution in [3.05, 3.63) is 6.92 Å². The molecule has 0 fully saturated rings. The third-order valence-electron chi connectivity index (χ3n) is 2.88. The number of hydrogen-bond donors (Lipinski definition) is 0. The van der Waals surface area contributed by atoms with Gasteiger partial charge in [-0.25, -0.2) is 0 Å². The highest BCUT2D eigenvalue weighted by Crippen LogP contribution is 2.26. The normalized spacial score (nSPS) is 16.1. The molecule has 0 aromatic heterocycles. The van der Waals surface area contributed by atoms with Gasteiger partial charge in [0, 0.05) is 6.55 Å². The lowest BCUT2D eigenvalue weighted by atomic mass is 10.5. The molecule has 0 aliphatic rings. The average molecular weight is 486 g/mol. The molecule has 11 heteroatoms. The molecule has 1 atom stereocenters. The monoisotopic (exact) mass is 485 g/mol. The summed E-state index contributed by atoms with van der Waals surface area (Å²) < 4.78 is 32.8. The first kappa shape index (κ1) is 28.1. The van der Waals surface area contributed by atoms with Crippen LogP contribution in [-0.2, 0) is 20.9 Å². The van der Waals surface area contributed by atoms with Gasteiger partial charge in [-0.05, 0) is 85.0 Å². The summed E-state index contributed by atoms with van der Waals surface area (Å²) in [5, 5.41) is 0. The second-order valence-electron chi connectivity index (χ2n) is 11.1. The summed E-state index contributed by atoms with van der Waals surface area (Å²) in [6.45, 7) is 32.5. The quantitative estimate of drug-likeness (QED) is 0.349. The molecule has 0 aromatic carbocycles. The molecule has 163 valence electrons. The molecule has 0 aliphatic heterocycles. The van der Waals surface area contributed by atoms with Crippen LogP contribution < -0.4 is 0 Å². The first-order valence-corrected chi connectivity index (χ1v) is 27.3. The summed E-state index contributed by atoms with van der Waals surface area (Å²) in [5.41, 5.74) is -0.159. The van der Waals surface area contributed by atoms with Crippen LogP contribution in [0.2, 0.25) is 85.1 Å². The van der Waals surface area contributed by atoms with Crippen molar-refractivity contribution in [3.8, 4) is 0 Å². The van der Waals surface area contributed by atoms with Crippen LogP contribution in [0.25, 0.3) is 0 Å². The van der Waals surface area contributed by atoms with Crippen molar-refractivity contribution >= 4 is 51.4 Å². The molecule has 0 aliphatic carbocycles. The summed E-state index contributed by atoms with van der Waals surface area (Å²) in [6.07, 6.45) is 0.610. The van der Waals surface area contributed by atoms with Crippen molar-refractivity contribution in [3.63, 3.8) is 0 Å². The van der Waals surface area contributed by atoms with Crippen molar-refractivity contribution in [2.45, 2.75) is 97.3 Å². The predicted octanol–water partition coefficient (Wildman–Crippen LogP) is 5.33. The van der Waals surface area contributed by atoms with Crippen molar-refractivity contribution in [2.24, 2.45) is 0 Å². The zero-order valence-electron chi connectivity index (χ0n) is 20.1. The Bertz CT molecular complexity index is 418. The molecular weight excluding hydrogens is 441 g/mol. The molecule has 0 saturated heterocycles. The summed E-state index contributed by atoms with van der Waals surface area (Å²) >= 11 is 0. The zero-order chi connectivity index (χ0) is 21.9. The average Bonchev–Trinajstić information content (AvgIpc) is 2.26. The Morgan fingerprint density at radius 3 is 1.19 bits per heavy atom. The molecule has 0 amide bonds. The summed E-state index contributed by atoms with van der Waals surface area (Å²) in [5.74, 6) is 0. The highest BCUT2D eigenvalue weighted by atomic mass is 28.5. The van der Waals surface area contributed by atoms with Crippen LogP contribution >= 0.6 is 0 Å². The Hall–Kier alpha value is 1.10. The van der Waals surface area contributed by atoms with Crippen molar-refractivity contribution < 1.29 is 20.9 Å². The van der Waals surface area contributed by atoms with E-state index >= 15 is 0 Å². The van der Waals surface area contributed by atoms with Gasteiger partial charge in [0.15, 0.2) is 33.3 Å². The van der Waals surface area contributed by atoms with Crippen molar-refractivity contribution in [2.75, 3.05) is 0 Å². The van der Waals surface area contributed by atoms with Gasteiger partial charge in [-0.3, -0.25) is 0 Å². The Kier molecular flexibility index (Phi) is 10.3. The standard InChI is InChI=1S/C16H45O5Si6/c1-15-16(22(18-23(2,3)4)19-24(5,6)7)17-27(14,20-25(8,9)10)21-26(11,12)13/h16,22H,1,15H2,2-14H3. The van der Waals surface area contributed by atoms with Crippen molar-refractivity contribution in [1.29, 1.82) is 0 Å². The van der Waals surface area contributed by atoms with E-state index < -0.39 is 51.4 Å². The minimum atomic E-state index is -2.83. The third kappa shape index (κ3) is 14.7. The van der Waals surface area contributed by atoms with E-state index in [2.05, 4.69) is 85.5 Å². The van der Waals surface area contributed by atoms with Gasteiger partial charge in [-0.15, -0.1) is 0 Å². The summed E-state index contributed by atoms with van der Waals surface area (Å²) in [7, 11) is -12.1. The van der Waals surface area contributed by atoms with Gasteiger partial charge in [0.25, 0.3) is 0 Å². The van der Waals surface area contributed by atoms with Crippen LogP contribution in [0.1, 0.15) is 6.42 Å². The van der Waals surface area contributed by atoms with E-state index in [0.717, 1.165) is 0 Å². The molecule has 1 radical (unpaired) electrons. The van der Waals surface area contributed by atoms with E-state index in [-0.39, 0.29) is 5.73 Å². The Balaban J connectivity index is 5.73. The molecule has 0 bridgehead atoms. The van der Waals surface area contributed by atoms with Gasteiger partial charge in [0.2, 0.25) is 0 Å². The van der Waals surface area contributed by atoms with Crippen LogP contribution in [0.4, 0.5) is 0 Å². The molecular formula is C16H45O5Si6. The van der Waals surface area contributed by atoms with Crippen LogP contribution in [0.3, 0.4) is 0 Å². The first-order valence-electron chi connectivity index (χ1n) is 9.88. The molecule has 0 saturated carbocycles. The van der Waals surface area contributed by atoms with Crippen LogP contribution in [0.15, 0.2) is 0 Å². The fraction of sp³-hybridized carbons (Fsp3) is 0.938. The molecule has 5 nitrogen and oxygen atoms in total. The lowest BCUT2D eigenvalue weighted by molar-refractivity contribution is 0.126. The smallest absolute Gasteiger partial charge is 0.437 e. The van der Waals surface area contributed by atoms with Crippen molar-refractivity contribution in [1.82, 2.24) is 0 Å². The van der Waals surface area contributed by atoms with E-state index in [9.17, 15) is 0 Å². The van der Waals surface area contributed by atoms with Gasteiger partial charge < -0.3 is 20.9 Å². The van der Waals surface area contributed by atoms with Gasteiger partial charge in [0.1, 0.15) is 0 Å². The van der Waals surface area contributed by atoms with Gasteiger partial charge in [-0.2, -0.15) is 0 Å². The fourth-order valence-electron chi connectivity index (χ4n) is 2.58. The number of hydrogen-bond acceptors (Lipinski definition) is 5. The van der Waals surface area contributed by atoms with Gasteiger partial charge in [-0.1, -0.05) is 6.92 Å². The molecule has 0 N–H and O–H groups in total. The van der Waals surface area contributed by atoms with Crippen LogP contribution in [0.5, 0.6) is 0 Å². The SMILES string of the molecule is [CH2]CC(O[Si](C)(O[Si](C)(C)C)O[Si](C)(C)C)[SiH](O[Si](C)(C)C)O[Si](C)(C)C. The summed E-state index contributed by atoms with van der Waals surface area (Å²) in [6, 6.07) is 0. The molecule has 0 spiro atoms. The zero-order valence-corrected chi connectivity index (χ0v) is 26.3. The largest absolute Gasteiger partial charge is 0.476 e. The maximum Gasteiger partial charge on any atom is 0.476 e. The minimum absolute atomic E-state index is 0.159. The maximum absolute atomic E-state index is 6.65. The highest BCUT2D eigenvalue weighted by Gasteiger charge is 2.47. The Labute approximate surface area is 176 Å². The number of rotatable bonds is 12. The van der Waals surface area contributed by atoms with E-state index in [4.69, 9.17) is 20.9 Å². The predicted molar refractivity (Wildman–Crippen MR) is 131 cm³/mol. The molecule has 0 heterocycles. The molecule has 1 unspecified atom stereocenters. The topological polar surface area (TPSA) is 46.2 Å². The second-order valence-corrected chi connectivity index (χ2v) is 34.9. The molecule has 27 heavy (non-hydrogen) atoms. The van der Waals surface area contributed by atoms with Gasteiger partial charge >= 0.3 is 18.1 Å². The minimum Gasteiger partial charge on any atom is -0.437 e. The highest BCUT2D eigenvalue weighted by molar-refractivity contribution is 6.86. The first-order chi connectivity index (χ1) is 11.6. The van der Waals surface area contributed by atoms with E-state index in [1.54, 1.807) is 0 Å².